The van der Waals surface area contributed by atoms with Crippen molar-refractivity contribution in [2.75, 3.05) is 25.0 Å². The van der Waals surface area contributed by atoms with Crippen LogP contribution in [0.15, 0.2) is 12.3 Å². The van der Waals surface area contributed by atoms with Crippen molar-refractivity contribution in [1.82, 2.24) is 10.3 Å². The zero-order valence-corrected chi connectivity index (χ0v) is 10.4. The number of hydrogen-bond acceptors (Lipinski definition) is 3. The van der Waals surface area contributed by atoms with Gasteiger partial charge < -0.3 is 10.2 Å². The third-order valence-electron chi connectivity index (χ3n) is 2.21. The van der Waals surface area contributed by atoms with Crippen molar-refractivity contribution in [1.29, 1.82) is 0 Å². The lowest BCUT2D eigenvalue weighted by molar-refractivity contribution is 0.725. The summed E-state index contributed by atoms with van der Waals surface area (Å²) in [5, 5.41) is 3.91. The molecule has 0 saturated heterocycles. The third kappa shape index (κ3) is 3.41. The van der Waals surface area contributed by atoms with Crippen molar-refractivity contribution in [3.05, 3.63) is 22.8 Å². The van der Waals surface area contributed by atoms with Gasteiger partial charge in [-0.25, -0.2) is 4.98 Å². The molecule has 16 heavy (non-hydrogen) atoms. The van der Waals surface area contributed by atoms with Crippen molar-refractivity contribution in [3.8, 4) is 12.3 Å². The molecule has 0 bridgehead atoms. The molecule has 0 aliphatic rings. The van der Waals surface area contributed by atoms with Gasteiger partial charge in [0.1, 0.15) is 5.82 Å². The Morgan fingerprint density at radius 1 is 1.62 bits per heavy atom. The molecule has 1 aromatic heterocycles. The fourth-order valence-electron chi connectivity index (χ4n) is 1.29. The number of hydrogen-bond donors (Lipinski definition) is 1. The van der Waals surface area contributed by atoms with Crippen molar-refractivity contribution in [2.24, 2.45) is 0 Å². The van der Waals surface area contributed by atoms with Crippen LogP contribution in [-0.2, 0) is 6.54 Å². The van der Waals surface area contributed by atoms with Crippen molar-refractivity contribution in [3.63, 3.8) is 0 Å². The normalized spacial score (nSPS) is 9.88. The predicted molar refractivity (Wildman–Crippen MR) is 68.7 cm³/mol. The average molecular weight is 238 g/mol. The minimum Gasteiger partial charge on any atom is -0.349 e. The van der Waals surface area contributed by atoms with Gasteiger partial charge in [-0.05, 0) is 18.2 Å². The number of halogens is 1. The van der Waals surface area contributed by atoms with E-state index in [1.54, 1.807) is 6.20 Å². The van der Waals surface area contributed by atoms with Crippen LogP contribution in [0.5, 0.6) is 0 Å². The number of rotatable bonds is 5. The monoisotopic (exact) mass is 237 g/mol. The Labute approximate surface area is 102 Å². The van der Waals surface area contributed by atoms with E-state index in [4.69, 9.17) is 18.0 Å². The Morgan fingerprint density at radius 3 is 3.00 bits per heavy atom. The van der Waals surface area contributed by atoms with Crippen LogP contribution in [0.2, 0.25) is 5.02 Å². The lowest BCUT2D eigenvalue weighted by Crippen LogP contribution is -2.19. The van der Waals surface area contributed by atoms with Crippen LogP contribution in [0.1, 0.15) is 12.5 Å². The molecule has 86 valence electrons. The van der Waals surface area contributed by atoms with E-state index < -0.39 is 0 Å². The Kier molecular flexibility index (Phi) is 5.10. The van der Waals surface area contributed by atoms with Gasteiger partial charge in [-0.1, -0.05) is 24.4 Å². The summed E-state index contributed by atoms with van der Waals surface area (Å²) in [4.78, 5) is 6.14. The van der Waals surface area contributed by atoms with Gasteiger partial charge in [0.05, 0.1) is 11.6 Å². The largest absolute Gasteiger partial charge is 0.349 e. The minimum atomic E-state index is 0.537. The molecule has 0 aliphatic carbocycles. The average Bonchev–Trinajstić information content (AvgIpc) is 2.28. The van der Waals surface area contributed by atoms with Crippen LogP contribution in [0.3, 0.4) is 0 Å². The zero-order valence-electron chi connectivity index (χ0n) is 9.63. The molecular formula is C12H16ClN3. The zero-order chi connectivity index (χ0) is 12.0. The summed E-state index contributed by atoms with van der Waals surface area (Å²) in [5.41, 5.74) is 1.04. The van der Waals surface area contributed by atoms with Gasteiger partial charge in [0, 0.05) is 19.8 Å². The van der Waals surface area contributed by atoms with E-state index in [-0.39, 0.29) is 0 Å². The summed E-state index contributed by atoms with van der Waals surface area (Å²) in [6.45, 7) is 4.25. The van der Waals surface area contributed by atoms with Gasteiger partial charge in [-0.15, -0.1) is 6.42 Å². The molecule has 0 aromatic carbocycles. The molecule has 0 amide bonds. The van der Waals surface area contributed by atoms with E-state index in [1.165, 1.54) is 0 Å². The highest BCUT2D eigenvalue weighted by molar-refractivity contribution is 6.31. The first-order valence-corrected chi connectivity index (χ1v) is 5.56. The van der Waals surface area contributed by atoms with Crippen LogP contribution >= 0.6 is 11.6 Å². The van der Waals surface area contributed by atoms with Gasteiger partial charge in [0.15, 0.2) is 0 Å². The highest BCUT2D eigenvalue weighted by atomic mass is 35.5. The number of terminal acetylenes is 1. The molecule has 1 N–H and O–H groups in total. The lowest BCUT2D eigenvalue weighted by Gasteiger charge is -2.16. The molecule has 1 rings (SSSR count). The molecule has 0 saturated carbocycles. The van der Waals surface area contributed by atoms with Crippen LogP contribution in [0, 0.1) is 12.3 Å². The number of nitrogens with one attached hydrogen (secondary N) is 1. The first-order chi connectivity index (χ1) is 7.69. The summed E-state index contributed by atoms with van der Waals surface area (Å²) in [6.07, 6.45) is 6.92. The highest BCUT2D eigenvalue weighted by Gasteiger charge is 2.05. The van der Waals surface area contributed by atoms with E-state index in [1.807, 2.05) is 18.0 Å². The predicted octanol–water partition coefficient (Wildman–Crippen LogP) is 1.91. The van der Waals surface area contributed by atoms with Crippen LogP contribution < -0.4 is 10.2 Å². The van der Waals surface area contributed by atoms with E-state index in [0.29, 0.717) is 11.6 Å². The Balaban J connectivity index is 2.85. The summed E-state index contributed by atoms with van der Waals surface area (Å²) >= 11 is 6.05. The fraction of sp³-hybridized carbons (Fsp3) is 0.417. The van der Waals surface area contributed by atoms with Gasteiger partial charge in [-0.3, -0.25) is 0 Å². The highest BCUT2D eigenvalue weighted by Crippen LogP contribution is 2.19. The van der Waals surface area contributed by atoms with Crippen molar-refractivity contribution in [2.45, 2.75) is 13.5 Å². The molecule has 0 atom stereocenters. The molecule has 0 aliphatic heterocycles. The maximum absolute atomic E-state index is 6.05. The molecule has 3 nitrogen and oxygen atoms in total. The number of nitrogens with zero attached hydrogens (tertiary/aromatic N) is 2. The van der Waals surface area contributed by atoms with Crippen LogP contribution in [0.25, 0.3) is 0 Å². The summed E-state index contributed by atoms with van der Waals surface area (Å²) in [7, 11) is 1.91. The Morgan fingerprint density at radius 2 is 2.38 bits per heavy atom. The van der Waals surface area contributed by atoms with E-state index in [0.717, 1.165) is 24.5 Å². The second-order valence-corrected chi connectivity index (χ2v) is 3.88. The summed E-state index contributed by atoms with van der Waals surface area (Å²) in [5.74, 6) is 3.42. The fourth-order valence-corrected chi connectivity index (χ4v) is 1.46. The van der Waals surface area contributed by atoms with E-state index in [9.17, 15) is 0 Å². The Bertz CT molecular complexity index is 384. The molecular weight excluding hydrogens is 222 g/mol. The van der Waals surface area contributed by atoms with Gasteiger partial charge in [0.25, 0.3) is 0 Å². The summed E-state index contributed by atoms with van der Waals surface area (Å²) < 4.78 is 0. The summed E-state index contributed by atoms with van der Waals surface area (Å²) in [6, 6.07) is 1.96. The van der Waals surface area contributed by atoms with Crippen LogP contribution in [0.4, 0.5) is 5.82 Å². The number of aromatic nitrogens is 1. The lowest BCUT2D eigenvalue weighted by atomic mass is 10.2. The van der Waals surface area contributed by atoms with E-state index in [2.05, 4.69) is 23.1 Å². The quantitative estimate of drug-likeness (QED) is 0.794. The van der Waals surface area contributed by atoms with E-state index >= 15 is 0 Å². The molecule has 1 heterocycles. The van der Waals surface area contributed by atoms with Gasteiger partial charge in [-0.2, -0.15) is 0 Å². The third-order valence-corrected chi connectivity index (χ3v) is 2.55. The maximum Gasteiger partial charge on any atom is 0.129 e. The topological polar surface area (TPSA) is 28.2 Å². The molecule has 0 radical (unpaired) electrons. The first kappa shape index (κ1) is 12.8. The van der Waals surface area contributed by atoms with Gasteiger partial charge in [0.2, 0.25) is 0 Å². The van der Waals surface area contributed by atoms with Crippen molar-refractivity contribution < 1.29 is 0 Å². The molecule has 1 aromatic rings. The molecule has 0 fully saturated rings. The second-order valence-electron chi connectivity index (χ2n) is 3.47. The molecule has 0 spiro atoms. The minimum absolute atomic E-state index is 0.537. The molecule has 0 unspecified atom stereocenters. The first-order valence-electron chi connectivity index (χ1n) is 5.18. The number of anilines is 1. The molecule has 4 heteroatoms. The maximum atomic E-state index is 6.05. The van der Waals surface area contributed by atoms with Crippen LogP contribution in [-0.4, -0.2) is 25.1 Å². The Hall–Kier alpha value is -1.24. The standard InChI is InChI=1S/C12H16ClN3/c1-4-6-16(3)12-7-10(8-14-5-2)11(13)9-15-12/h1,7,9,14H,5-6,8H2,2-3H3. The smallest absolute Gasteiger partial charge is 0.129 e. The number of pyridine rings is 1. The van der Waals surface area contributed by atoms with Crippen molar-refractivity contribution >= 4 is 17.4 Å². The SMILES string of the molecule is C#CCN(C)c1cc(CNCC)c(Cl)cn1. The second kappa shape index (κ2) is 6.37. The van der Waals surface area contributed by atoms with Gasteiger partial charge >= 0.3 is 0 Å².